The molecule has 1 fully saturated rings. The minimum atomic E-state index is -3.17. The number of anilines is 2. The molecule has 0 aliphatic carbocycles. The number of carbonyl (C=O) groups is 1. The number of rotatable bonds is 5. The van der Waals surface area contributed by atoms with Crippen LogP contribution in [-0.2, 0) is 14.8 Å². The van der Waals surface area contributed by atoms with Crippen LogP contribution in [0.2, 0.25) is 0 Å². The smallest absolute Gasteiger partial charge is 0.248 e. The van der Waals surface area contributed by atoms with Crippen LogP contribution in [0.1, 0.15) is 5.56 Å². The predicted octanol–water partition coefficient (Wildman–Crippen LogP) is 2.42. The molecule has 1 N–H and O–H groups in total. The number of nitrogens with zero attached hydrogens (tertiary/aromatic N) is 2. The third-order valence-corrected chi connectivity index (χ3v) is 5.74. The summed E-state index contributed by atoms with van der Waals surface area (Å²) in [6, 6.07) is 17.2. The fraction of sp³-hybridized carbons (Fsp3) is 0.250. The van der Waals surface area contributed by atoms with E-state index in [0.29, 0.717) is 31.9 Å². The number of nitrogens with one attached hydrogen (secondary N) is 1. The highest BCUT2D eigenvalue weighted by Gasteiger charge is 2.24. The van der Waals surface area contributed by atoms with Gasteiger partial charge in [0.2, 0.25) is 15.9 Å². The summed E-state index contributed by atoms with van der Waals surface area (Å²) in [6.45, 7) is 2.05. The van der Waals surface area contributed by atoms with Gasteiger partial charge in [-0.3, -0.25) is 4.79 Å². The first kappa shape index (κ1) is 19.1. The molecule has 6 nitrogen and oxygen atoms in total. The van der Waals surface area contributed by atoms with E-state index in [0.717, 1.165) is 11.3 Å². The van der Waals surface area contributed by atoms with Gasteiger partial charge in [-0.1, -0.05) is 42.5 Å². The van der Waals surface area contributed by atoms with Gasteiger partial charge in [0.1, 0.15) is 0 Å². The monoisotopic (exact) mass is 385 g/mol. The zero-order valence-corrected chi connectivity index (χ0v) is 16.0. The van der Waals surface area contributed by atoms with Gasteiger partial charge in [0.05, 0.1) is 17.6 Å². The first-order chi connectivity index (χ1) is 12.9. The van der Waals surface area contributed by atoms with Crippen LogP contribution in [0.25, 0.3) is 6.08 Å². The molecule has 0 aromatic heterocycles. The van der Waals surface area contributed by atoms with Gasteiger partial charge in [-0.2, -0.15) is 4.31 Å². The van der Waals surface area contributed by atoms with Gasteiger partial charge in [-0.05, 0) is 23.8 Å². The first-order valence-corrected chi connectivity index (χ1v) is 10.6. The molecule has 1 amide bonds. The van der Waals surface area contributed by atoms with Crippen molar-refractivity contribution < 1.29 is 13.2 Å². The zero-order valence-electron chi connectivity index (χ0n) is 15.2. The lowest BCUT2D eigenvalue weighted by Gasteiger charge is -2.35. The van der Waals surface area contributed by atoms with Crippen molar-refractivity contribution in [3.63, 3.8) is 0 Å². The van der Waals surface area contributed by atoms with Crippen molar-refractivity contribution in [3.05, 3.63) is 66.2 Å². The molecule has 0 spiro atoms. The van der Waals surface area contributed by atoms with Crippen molar-refractivity contribution in [3.8, 4) is 0 Å². The lowest BCUT2D eigenvalue weighted by molar-refractivity contribution is -0.111. The molecule has 2 aromatic carbocycles. The zero-order chi connectivity index (χ0) is 19.3. The third kappa shape index (κ3) is 5.18. The normalized spacial score (nSPS) is 15.8. The summed E-state index contributed by atoms with van der Waals surface area (Å²) in [5.74, 6) is -0.207. The van der Waals surface area contributed by atoms with E-state index in [1.165, 1.54) is 16.6 Å². The Bertz CT molecular complexity index is 918. The number of benzene rings is 2. The molecule has 2 aromatic rings. The molecular weight excluding hydrogens is 362 g/mol. The van der Waals surface area contributed by atoms with Gasteiger partial charge in [0.15, 0.2) is 0 Å². The second-order valence-corrected chi connectivity index (χ2v) is 8.38. The maximum atomic E-state index is 12.3. The molecule has 0 atom stereocenters. The molecular formula is C20H23N3O3S. The molecule has 1 aliphatic heterocycles. The van der Waals surface area contributed by atoms with Crippen LogP contribution >= 0.6 is 0 Å². The summed E-state index contributed by atoms with van der Waals surface area (Å²) in [5, 5.41) is 2.92. The largest absolute Gasteiger partial charge is 0.367 e. The minimum Gasteiger partial charge on any atom is -0.367 e. The van der Waals surface area contributed by atoms with Crippen LogP contribution in [0.15, 0.2) is 60.7 Å². The SMILES string of the molecule is CS(=O)(=O)N1CCN(c2ccccc2NC(=O)C=Cc2ccccc2)CC1. The number of para-hydroxylation sites is 2. The summed E-state index contributed by atoms with van der Waals surface area (Å²) in [5.41, 5.74) is 2.57. The molecule has 27 heavy (non-hydrogen) atoms. The van der Waals surface area contributed by atoms with E-state index < -0.39 is 10.0 Å². The molecule has 1 heterocycles. The lowest BCUT2D eigenvalue weighted by atomic mass is 10.2. The van der Waals surface area contributed by atoms with Gasteiger partial charge < -0.3 is 10.2 Å². The fourth-order valence-electron chi connectivity index (χ4n) is 3.03. The highest BCUT2D eigenvalue weighted by Crippen LogP contribution is 2.27. The van der Waals surface area contributed by atoms with Crippen LogP contribution in [0.5, 0.6) is 0 Å². The molecule has 7 heteroatoms. The van der Waals surface area contributed by atoms with Crippen molar-refractivity contribution in [2.45, 2.75) is 0 Å². The minimum absolute atomic E-state index is 0.207. The van der Waals surface area contributed by atoms with Crippen LogP contribution in [0.4, 0.5) is 11.4 Å². The Kier molecular flexibility index (Phi) is 5.93. The number of hydrogen-bond donors (Lipinski definition) is 1. The molecule has 3 rings (SSSR count). The van der Waals surface area contributed by atoms with E-state index in [1.807, 2.05) is 54.6 Å². The molecule has 0 unspecified atom stereocenters. The average molecular weight is 385 g/mol. The Morgan fingerprint density at radius 1 is 0.963 bits per heavy atom. The number of piperazine rings is 1. The molecule has 1 aliphatic rings. The predicted molar refractivity (Wildman–Crippen MR) is 109 cm³/mol. The number of sulfonamides is 1. The van der Waals surface area contributed by atoms with Gasteiger partial charge in [-0.25, -0.2) is 8.42 Å². The van der Waals surface area contributed by atoms with Crippen LogP contribution in [0.3, 0.4) is 0 Å². The van der Waals surface area contributed by atoms with Crippen molar-refractivity contribution in [2.75, 3.05) is 42.7 Å². The van der Waals surface area contributed by atoms with E-state index in [9.17, 15) is 13.2 Å². The average Bonchev–Trinajstić information content (AvgIpc) is 2.67. The number of amides is 1. The molecule has 0 saturated carbocycles. The van der Waals surface area contributed by atoms with Crippen molar-refractivity contribution >= 4 is 33.4 Å². The Labute approximate surface area is 160 Å². The van der Waals surface area contributed by atoms with Crippen LogP contribution in [-0.4, -0.2) is 51.1 Å². The molecule has 142 valence electrons. The Morgan fingerprint density at radius 3 is 2.26 bits per heavy atom. The highest BCUT2D eigenvalue weighted by atomic mass is 32.2. The molecule has 0 bridgehead atoms. The maximum absolute atomic E-state index is 12.3. The van der Waals surface area contributed by atoms with Crippen molar-refractivity contribution in [1.82, 2.24) is 4.31 Å². The van der Waals surface area contributed by atoms with Gasteiger partial charge in [0.25, 0.3) is 0 Å². The fourth-order valence-corrected chi connectivity index (χ4v) is 3.85. The summed E-state index contributed by atoms with van der Waals surface area (Å²) in [6.07, 6.45) is 4.51. The standard InChI is InChI=1S/C20H23N3O3S/c1-27(25,26)23-15-13-22(14-16-23)19-10-6-5-9-18(19)21-20(24)12-11-17-7-3-2-4-8-17/h2-12H,13-16H2,1H3,(H,21,24). The lowest BCUT2D eigenvalue weighted by Crippen LogP contribution is -2.48. The van der Waals surface area contributed by atoms with Gasteiger partial charge in [-0.15, -0.1) is 0 Å². The van der Waals surface area contributed by atoms with Gasteiger partial charge >= 0.3 is 0 Å². The van der Waals surface area contributed by atoms with E-state index >= 15 is 0 Å². The summed E-state index contributed by atoms with van der Waals surface area (Å²) in [4.78, 5) is 14.4. The Balaban J connectivity index is 1.68. The second-order valence-electron chi connectivity index (χ2n) is 6.40. The first-order valence-electron chi connectivity index (χ1n) is 8.77. The second kappa shape index (κ2) is 8.37. The van der Waals surface area contributed by atoms with Crippen molar-refractivity contribution in [1.29, 1.82) is 0 Å². The summed E-state index contributed by atoms with van der Waals surface area (Å²) >= 11 is 0. The number of hydrogen-bond acceptors (Lipinski definition) is 4. The van der Waals surface area contributed by atoms with E-state index in [4.69, 9.17) is 0 Å². The quantitative estimate of drug-likeness (QED) is 0.803. The summed E-state index contributed by atoms with van der Waals surface area (Å²) < 4.78 is 24.8. The van der Waals surface area contributed by atoms with Crippen LogP contribution < -0.4 is 10.2 Å². The maximum Gasteiger partial charge on any atom is 0.248 e. The van der Waals surface area contributed by atoms with E-state index in [2.05, 4.69) is 10.2 Å². The van der Waals surface area contributed by atoms with Crippen LogP contribution in [0, 0.1) is 0 Å². The van der Waals surface area contributed by atoms with Gasteiger partial charge in [0, 0.05) is 32.3 Å². The molecule has 0 radical (unpaired) electrons. The van der Waals surface area contributed by atoms with Crippen molar-refractivity contribution in [2.24, 2.45) is 0 Å². The number of carbonyl (C=O) groups excluding carboxylic acids is 1. The highest BCUT2D eigenvalue weighted by molar-refractivity contribution is 7.88. The summed E-state index contributed by atoms with van der Waals surface area (Å²) in [7, 11) is -3.17. The Morgan fingerprint density at radius 2 is 1.59 bits per heavy atom. The Hall–Kier alpha value is -2.64. The van der Waals surface area contributed by atoms with E-state index in [-0.39, 0.29) is 5.91 Å². The topological polar surface area (TPSA) is 69.7 Å². The third-order valence-electron chi connectivity index (χ3n) is 4.44. The molecule has 1 saturated heterocycles. The van der Waals surface area contributed by atoms with E-state index in [1.54, 1.807) is 6.08 Å².